The lowest BCUT2D eigenvalue weighted by Gasteiger charge is -2.31. The summed E-state index contributed by atoms with van der Waals surface area (Å²) < 4.78 is 27.5. The van der Waals surface area contributed by atoms with Gasteiger partial charge in [-0.25, -0.2) is 8.42 Å². The molecule has 0 aliphatic heterocycles. The van der Waals surface area contributed by atoms with E-state index in [-0.39, 0.29) is 11.5 Å². The summed E-state index contributed by atoms with van der Waals surface area (Å²) in [5, 5.41) is 10.2. The maximum atomic E-state index is 13.0. The summed E-state index contributed by atoms with van der Waals surface area (Å²) in [7, 11) is -3.66. The van der Waals surface area contributed by atoms with Gasteiger partial charge >= 0.3 is 0 Å². The minimum Gasteiger partial charge on any atom is -0.395 e. The number of halogens is 1. The van der Waals surface area contributed by atoms with Crippen molar-refractivity contribution >= 4 is 21.6 Å². The minimum atomic E-state index is -3.66. The van der Waals surface area contributed by atoms with Gasteiger partial charge in [-0.15, -0.1) is 0 Å². The second-order valence-corrected chi connectivity index (χ2v) is 9.05. The fourth-order valence-electron chi connectivity index (χ4n) is 2.45. The molecule has 4 nitrogen and oxygen atoms in total. The predicted molar refractivity (Wildman–Crippen MR) is 95.1 cm³/mol. The lowest BCUT2D eigenvalue weighted by Crippen LogP contribution is -2.44. The van der Waals surface area contributed by atoms with Crippen molar-refractivity contribution < 1.29 is 13.5 Å². The van der Waals surface area contributed by atoms with Crippen LogP contribution in [0.3, 0.4) is 0 Å². The van der Waals surface area contributed by atoms with Crippen LogP contribution in [0.15, 0.2) is 29.2 Å². The first-order valence-corrected chi connectivity index (χ1v) is 9.88. The Labute approximate surface area is 145 Å². The van der Waals surface area contributed by atoms with Gasteiger partial charge in [0.1, 0.15) is 0 Å². The van der Waals surface area contributed by atoms with E-state index in [4.69, 9.17) is 11.6 Å². The molecule has 1 aromatic rings. The highest BCUT2D eigenvalue weighted by Gasteiger charge is 2.31. The lowest BCUT2D eigenvalue weighted by molar-refractivity contribution is 0.164. The summed E-state index contributed by atoms with van der Waals surface area (Å²) in [6.07, 6.45) is 1.38. The number of aliphatic hydroxyl groups excluding tert-OH is 1. The van der Waals surface area contributed by atoms with Crippen molar-refractivity contribution in [3.05, 3.63) is 29.3 Å². The Bertz CT molecular complexity index is 570. The van der Waals surface area contributed by atoms with Crippen molar-refractivity contribution in [2.75, 3.05) is 13.2 Å². The van der Waals surface area contributed by atoms with Gasteiger partial charge in [0, 0.05) is 17.6 Å². The second kappa shape index (κ2) is 9.02. The van der Waals surface area contributed by atoms with Crippen molar-refractivity contribution in [2.24, 2.45) is 11.8 Å². The van der Waals surface area contributed by atoms with Crippen LogP contribution in [-0.4, -0.2) is 37.0 Å². The molecule has 23 heavy (non-hydrogen) atoms. The lowest BCUT2D eigenvalue weighted by atomic mass is 10.0. The first-order valence-electron chi connectivity index (χ1n) is 8.06. The van der Waals surface area contributed by atoms with Gasteiger partial charge in [0.05, 0.1) is 11.5 Å². The molecule has 0 aromatic heterocycles. The van der Waals surface area contributed by atoms with E-state index in [1.54, 1.807) is 12.1 Å². The van der Waals surface area contributed by atoms with Crippen LogP contribution in [0.25, 0.3) is 0 Å². The third-order valence-electron chi connectivity index (χ3n) is 3.71. The average Bonchev–Trinajstić information content (AvgIpc) is 2.45. The number of hydrogen-bond donors (Lipinski definition) is 1. The molecule has 0 heterocycles. The third-order valence-corrected chi connectivity index (χ3v) is 5.93. The standard InChI is InChI=1S/C17H28ClNO3S/c1-13(2)9-10-19(16(12-20)11-14(3)4)23(21,22)17-7-5-15(18)6-8-17/h5-8,13-14,16,20H,9-12H2,1-4H3/t16-/m1/s1. The Hall–Kier alpha value is -0.620. The molecular formula is C17H28ClNO3S. The fourth-order valence-corrected chi connectivity index (χ4v) is 4.22. The van der Waals surface area contributed by atoms with Gasteiger partial charge < -0.3 is 5.11 Å². The van der Waals surface area contributed by atoms with E-state index in [1.165, 1.54) is 16.4 Å². The van der Waals surface area contributed by atoms with Gasteiger partial charge in [-0.2, -0.15) is 4.31 Å². The smallest absolute Gasteiger partial charge is 0.243 e. The molecule has 0 spiro atoms. The normalized spacial score (nSPS) is 14.0. The Morgan fingerprint density at radius 3 is 2.09 bits per heavy atom. The molecule has 0 radical (unpaired) electrons. The molecule has 6 heteroatoms. The summed E-state index contributed by atoms with van der Waals surface area (Å²) in [5.74, 6) is 0.686. The zero-order valence-electron chi connectivity index (χ0n) is 14.4. The summed E-state index contributed by atoms with van der Waals surface area (Å²) >= 11 is 5.85. The monoisotopic (exact) mass is 361 g/mol. The highest BCUT2D eigenvalue weighted by atomic mass is 35.5. The zero-order chi connectivity index (χ0) is 17.6. The number of rotatable bonds is 9. The Kier molecular flexibility index (Phi) is 8.01. The van der Waals surface area contributed by atoms with Crippen LogP contribution in [0.1, 0.15) is 40.5 Å². The van der Waals surface area contributed by atoms with Crippen molar-refractivity contribution in [1.82, 2.24) is 4.31 Å². The van der Waals surface area contributed by atoms with E-state index in [2.05, 4.69) is 13.8 Å². The Morgan fingerprint density at radius 2 is 1.65 bits per heavy atom. The van der Waals surface area contributed by atoms with E-state index >= 15 is 0 Å². The molecule has 0 aliphatic rings. The van der Waals surface area contributed by atoms with Gasteiger partial charge in [-0.1, -0.05) is 39.3 Å². The Morgan fingerprint density at radius 1 is 1.09 bits per heavy atom. The molecule has 0 amide bonds. The first kappa shape index (κ1) is 20.4. The molecule has 1 atom stereocenters. The molecule has 1 N–H and O–H groups in total. The van der Waals surface area contributed by atoms with Crippen LogP contribution in [0.4, 0.5) is 0 Å². The van der Waals surface area contributed by atoms with E-state index < -0.39 is 16.1 Å². The maximum Gasteiger partial charge on any atom is 0.243 e. The van der Waals surface area contributed by atoms with Gasteiger partial charge in [0.25, 0.3) is 0 Å². The number of benzene rings is 1. The van der Waals surface area contributed by atoms with Crippen molar-refractivity contribution in [3.63, 3.8) is 0 Å². The maximum absolute atomic E-state index is 13.0. The molecule has 132 valence electrons. The van der Waals surface area contributed by atoms with E-state index in [1.807, 2.05) is 13.8 Å². The molecule has 0 aliphatic carbocycles. The minimum absolute atomic E-state index is 0.177. The number of sulfonamides is 1. The van der Waals surface area contributed by atoms with Crippen molar-refractivity contribution in [1.29, 1.82) is 0 Å². The summed E-state index contributed by atoms with van der Waals surface area (Å²) in [6, 6.07) is 5.78. The second-order valence-electron chi connectivity index (χ2n) is 6.72. The van der Waals surface area contributed by atoms with Crippen LogP contribution in [0, 0.1) is 11.8 Å². The average molecular weight is 362 g/mol. The van der Waals surface area contributed by atoms with Crippen LogP contribution in [0.5, 0.6) is 0 Å². The molecule has 0 unspecified atom stereocenters. The summed E-state index contributed by atoms with van der Waals surface area (Å²) in [4.78, 5) is 0.216. The largest absolute Gasteiger partial charge is 0.395 e. The fraction of sp³-hybridized carbons (Fsp3) is 0.647. The van der Waals surface area contributed by atoms with Crippen LogP contribution in [0.2, 0.25) is 5.02 Å². The highest BCUT2D eigenvalue weighted by molar-refractivity contribution is 7.89. The van der Waals surface area contributed by atoms with Gasteiger partial charge in [-0.3, -0.25) is 0 Å². The number of nitrogens with zero attached hydrogens (tertiary/aromatic N) is 1. The molecule has 1 aromatic carbocycles. The van der Waals surface area contributed by atoms with E-state index in [0.717, 1.165) is 6.42 Å². The van der Waals surface area contributed by atoms with E-state index in [0.29, 0.717) is 29.8 Å². The Balaban J connectivity index is 3.16. The first-order chi connectivity index (χ1) is 10.7. The number of aliphatic hydroxyl groups is 1. The number of hydrogen-bond acceptors (Lipinski definition) is 3. The third kappa shape index (κ3) is 6.07. The topological polar surface area (TPSA) is 57.6 Å². The zero-order valence-corrected chi connectivity index (χ0v) is 15.9. The quantitative estimate of drug-likeness (QED) is 0.728. The van der Waals surface area contributed by atoms with Crippen molar-refractivity contribution in [2.45, 2.75) is 51.5 Å². The van der Waals surface area contributed by atoms with Crippen molar-refractivity contribution in [3.8, 4) is 0 Å². The van der Waals surface area contributed by atoms with E-state index in [9.17, 15) is 13.5 Å². The summed E-state index contributed by atoms with van der Waals surface area (Å²) in [5.41, 5.74) is 0. The molecule has 1 rings (SSSR count). The van der Waals surface area contributed by atoms with Gasteiger partial charge in [0.2, 0.25) is 10.0 Å². The highest BCUT2D eigenvalue weighted by Crippen LogP contribution is 2.24. The van der Waals surface area contributed by atoms with Crippen LogP contribution < -0.4 is 0 Å². The molecule has 0 saturated carbocycles. The van der Waals surface area contributed by atoms with Gasteiger partial charge in [0.15, 0.2) is 0 Å². The molecule has 0 fully saturated rings. The van der Waals surface area contributed by atoms with Crippen LogP contribution >= 0.6 is 11.6 Å². The summed E-state index contributed by atoms with van der Waals surface area (Å²) in [6.45, 7) is 8.40. The SMILES string of the molecule is CC(C)CCN([C@@H](CO)CC(C)C)S(=O)(=O)c1ccc(Cl)cc1. The van der Waals surface area contributed by atoms with Gasteiger partial charge in [-0.05, 0) is 48.9 Å². The molecule has 0 saturated heterocycles. The predicted octanol–water partition coefficient (Wildman–Crippen LogP) is 3.78. The molecule has 0 bridgehead atoms. The van der Waals surface area contributed by atoms with Crippen LogP contribution in [-0.2, 0) is 10.0 Å². The molecular weight excluding hydrogens is 334 g/mol.